The molecule has 3 heterocycles. The van der Waals surface area contributed by atoms with E-state index in [1.165, 1.54) is 42.5 Å². The molecule has 182 valence electrons. The van der Waals surface area contributed by atoms with Crippen molar-refractivity contribution in [2.45, 2.75) is 64.4 Å². The number of aryl methyl sites for hydroxylation is 1. The lowest BCUT2D eigenvalue weighted by Gasteiger charge is -2.32. The van der Waals surface area contributed by atoms with Crippen LogP contribution in [0, 0.1) is 17.1 Å². The minimum Gasteiger partial charge on any atom is -0.484 e. The Morgan fingerprint density at radius 1 is 1.09 bits per heavy atom. The molecule has 6 nitrogen and oxygen atoms in total. The highest BCUT2D eigenvalue weighted by Crippen LogP contribution is 2.30. The highest BCUT2D eigenvalue weighted by molar-refractivity contribution is 5.36. The van der Waals surface area contributed by atoms with Crippen molar-refractivity contribution in [2.24, 2.45) is 0 Å². The van der Waals surface area contributed by atoms with Crippen molar-refractivity contribution in [3.63, 3.8) is 0 Å². The summed E-state index contributed by atoms with van der Waals surface area (Å²) in [7, 11) is 0. The van der Waals surface area contributed by atoms with Crippen molar-refractivity contribution < 1.29 is 9.13 Å². The first-order valence-corrected chi connectivity index (χ1v) is 12.5. The lowest BCUT2D eigenvalue weighted by molar-refractivity contribution is 0.221. The molecule has 0 spiro atoms. The Bertz CT molecular complexity index is 1140. The molecule has 35 heavy (non-hydrogen) atoms. The average molecular weight is 474 g/mol. The van der Waals surface area contributed by atoms with Gasteiger partial charge in [0.15, 0.2) is 0 Å². The van der Waals surface area contributed by atoms with Gasteiger partial charge >= 0.3 is 0 Å². The van der Waals surface area contributed by atoms with E-state index in [1.807, 2.05) is 37.6 Å². The van der Waals surface area contributed by atoms with Crippen molar-refractivity contribution >= 4 is 5.95 Å². The van der Waals surface area contributed by atoms with E-state index in [-0.39, 0.29) is 11.7 Å². The summed E-state index contributed by atoms with van der Waals surface area (Å²) in [5.74, 6) is 1.06. The number of pyridine rings is 1. The molecule has 1 aliphatic heterocycles. The van der Waals surface area contributed by atoms with Crippen LogP contribution in [0.4, 0.5) is 10.3 Å². The number of hydrogen-bond donors (Lipinski definition) is 0. The SMILES string of the molecule is CCCCCc1cnc(N2CCC(c3ccc(C(C)Oc4ccc(C#N)c(F)c4)nc3)CC2)nc1. The van der Waals surface area contributed by atoms with Crippen LogP contribution in [0.3, 0.4) is 0 Å². The largest absolute Gasteiger partial charge is 0.484 e. The number of rotatable bonds is 9. The van der Waals surface area contributed by atoms with E-state index in [4.69, 9.17) is 10.00 Å². The lowest BCUT2D eigenvalue weighted by Crippen LogP contribution is -2.34. The number of anilines is 1. The fourth-order valence-corrected chi connectivity index (χ4v) is 4.46. The van der Waals surface area contributed by atoms with Crippen LogP contribution in [0.15, 0.2) is 48.9 Å². The number of halogens is 1. The molecule has 0 aliphatic carbocycles. The monoisotopic (exact) mass is 473 g/mol. The van der Waals surface area contributed by atoms with Crippen LogP contribution in [-0.2, 0) is 6.42 Å². The van der Waals surface area contributed by atoms with Gasteiger partial charge in [-0.1, -0.05) is 25.8 Å². The summed E-state index contributed by atoms with van der Waals surface area (Å²) in [5.41, 5.74) is 3.22. The van der Waals surface area contributed by atoms with Gasteiger partial charge in [-0.05, 0) is 67.9 Å². The topological polar surface area (TPSA) is 74.9 Å². The number of ether oxygens (including phenoxy) is 1. The number of nitriles is 1. The standard InChI is InChI=1S/C28H32FN5O/c1-3-4-5-6-21-17-32-28(33-18-21)34-13-11-22(12-14-34)24-8-10-27(31-19-24)20(2)35-25-9-7-23(16-30)26(29)15-25/h7-10,15,17-20,22H,3-6,11-14H2,1-2H3. The fourth-order valence-electron chi connectivity index (χ4n) is 4.46. The molecule has 2 aromatic heterocycles. The minimum atomic E-state index is -0.583. The van der Waals surface area contributed by atoms with E-state index >= 15 is 0 Å². The smallest absolute Gasteiger partial charge is 0.225 e. The zero-order valence-electron chi connectivity index (χ0n) is 20.5. The van der Waals surface area contributed by atoms with Gasteiger partial charge < -0.3 is 9.64 Å². The third-order valence-electron chi connectivity index (χ3n) is 6.61. The van der Waals surface area contributed by atoms with Crippen LogP contribution >= 0.6 is 0 Å². The molecular weight excluding hydrogens is 441 g/mol. The van der Waals surface area contributed by atoms with Crippen LogP contribution in [0.2, 0.25) is 0 Å². The summed E-state index contributed by atoms with van der Waals surface area (Å²) in [6, 6.07) is 10.2. The van der Waals surface area contributed by atoms with Crippen molar-refractivity contribution in [1.82, 2.24) is 15.0 Å². The highest BCUT2D eigenvalue weighted by atomic mass is 19.1. The van der Waals surface area contributed by atoms with Crippen LogP contribution in [0.5, 0.6) is 5.75 Å². The molecule has 7 heteroatoms. The zero-order chi connectivity index (χ0) is 24.6. The van der Waals surface area contributed by atoms with E-state index in [0.717, 1.165) is 44.0 Å². The molecule has 0 bridgehead atoms. The van der Waals surface area contributed by atoms with E-state index in [1.54, 1.807) is 6.07 Å². The molecule has 1 aliphatic rings. The van der Waals surface area contributed by atoms with Crippen LogP contribution in [-0.4, -0.2) is 28.0 Å². The van der Waals surface area contributed by atoms with Crippen molar-refractivity contribution in [3.05, 3.63) is 77.1 Å². The molecule has 3 aromatic rings. The maximum Gasteiger partial charge on any atom is 0.225 e. The molecule has 1 saturated heterocycles. The van der Waals surface area contributed by atoms with Gasteiger partial charge in [-0.15, -0.1) is 0 Å². The van der Waals surface area contributed by atoms with Crippen LogP contribution < -0.4 is 9.64 Å². The quantitative estimate of drug-likeness (QED) is 0.348. The predicted molar refractivity (Wildman–Crippen MR) is 134 cm³/mol. The van der Waals surface area contributed by atoms with Gasteiger partial charge in [-0.2, -0.15) is 5.26 Å². The maximum absolute atomic E-state index is 13.8. The molecule has 0 N–H and O–H groups in total. The highest BCUT2D eigenvalue weighted by Gasteiger charge is 2.23. The van der Waals surface area contributed by atoms with Crippen molar-refractivity contribution in [3.8, 4) is 11.8 Å². The Morgan fingerprint density at radius 2 is 1.86 bits per heavy atom. The molecule has 0 radical (unpaired) electrons. The van der Waals surface area contributed by atoms with Gasteiger partial charge in [-0.25, -0.2) is 14.4 Å². The Balaban J connectivity index is 1.29. The van der Waals surface area contributed by atoms with Gasteiger partial charge in [0.1, 0.15) is 23.7 Å². The summed E-state index contributed by atoms with van der Waals surface area (Å²) in [5, 5.41) is 8.87. The van der Waals surface area contributed by atoms with Crippen LogP contribution in [0.25, 0.3) is 0 Å². The number of benzene rings is 1. The lowest BCUT2D eigenvalue weighted by atomic mass is 9.90. The fraction of sp³-hybridized carbons (Fsp3) is 0.429. The second kappa shape index (κ2) is 11.7. The number of aromatic nitrogens is 3. The molecule has 1 aromatic carbocycles. The zero-order valence-corrected chi connectivity index (χ0v) is 20.5. The summed E-state index contributed by atoms with van der Waals surface area (Å²) < 4.78 is 19.7. The van der Waals surface area contributed by atoms with E-state index in [9.17, 15) is 4.39 Å². The third-order valence-corrected chi connectivity index (χ3v) is 6.61. The van der Waals surface area contributed by atoms with Crippen molar-refractivity contribution in [1.29, 1.82) is 5.26 Å². The maximum atomic E-state index is 13.8. The first-order valence-electron chi connectivity index (χ1n) is 12.5. The van der Waals surface area contributed by atoms with Gasteiger partial charge in [0.2, 0.25) is 5.95 Å². The Hall–Kier alpha value is -3.53. The molecule has 0 saturated carbocycles. The Kier molecular flexibility index (Phi) is 8.25. The predicted octanol–water partition coefficient (Wildman–Crippen LogP) is 6.14. The van der Waals surface area contributed by atoms with Gasteiger partial charge in [-0.3, -0.25) is 4.98 Å². The number of hydrogen-bond acceptors (Lipinski definition) is 6. The Morgan fingerprint density at radius 3 is 2.49 bits per heavy atom. The normalized spacial score (nSPS) is 15.0. The van der Waals surface area contributed by atoms with Crippen LogP contribution in [0.1, 0.15) is 80.4 Å². The summed E-state index contributed by atoms with van der Waals surface area (Å²) in [4.78, 5) is 16.1. The molecular formula is C28H32FN5O. The Labute approximate surface area is 206 Å². The summed E-state index contributed by atoms with van der Waals surface area (Å²) in [6.07, 6.45) is 12.3. The first kappa shape index (κ1) is 24.6. The van der Waals surface area contributed by atoms with E-state index in [0.29, 0.717) is 11.7 Å². The third kappa shape index (κ3) is 6.33. The average Bonchev–Trinajstić information content (AvgIpc) is 2.90. The molecule has 1 atom stereocenters. The number of unbranched alkanes of at least 4 members (excludes halogenated alkanes) is 2. The van der Waals surface area contributed by atoms with Gasteiger partial charge in [0.25, 0.3) is 0 Å². The number of piperidine rings is 1. The second-order valence-electron chi connectivity index (χ2n) is 9.14. The molecule has 1 unspecified atom stereocenters. The molecule has 0 amide bonds. The molecule has 4 rings (SSSR count). The minimum absolute atomic E-state index is 0.00418. The first-order chi connectivity index (χ1) is 17.1. The van der Waals surface area contributed by atoms with Crippen molar-refractivity contribution in [2.75, 3.05) is 18.0 Å². The van der Waals surface area contributed by atoms with E-state index < -0.39 is 5.82 Å². The van der Waals surface area contributed by atoms with Gasteiger partial charge in [0, 0.05) is 37.7 Å². The van der Waals surface area contributed by atoms with Gasteiger partial charge in [0.05, 0.1) is 11.3 Å². The number of nitrogens with zero attached hydrogens (tertiary/aromatic N) is 5. The van der Waals surface area contributed by atoms with E-state index in [2.05, 4.69) is 32.8 Å². The summed E-state index contributed by atoms with van der Waals surface area (Å²) >= 11 is 0. The molecule has 1 fully saturated rings. The summed E-state index contributed by atoms with van der Waals surface area (Å²) in [6.45, 7) is 5.94. The second-order valence-corrected chi connectivity index (χ2v) is 9.14.